The van der Waals surface area contributed by atoms with Crippen LogP contribution in [-0.4, -0.2) is 44.0 Å². The summed E-state index contributed by atoms with van der Waals surface area (Å²) in [5, 5.41) is 2.83. The quantitative estimate of drug-likeness (QED) is 0.788. The van der Waals surface area contributed by atoms with Crippen LogP contribution in [0.25, 0.3) is 0 Å². The van der Waals surface area contributed by atoms with Crippen molar-refractivity contribution < 1.29 is 13.2 Å². The standard InChI is InChI=1S/C11H22N2O3S/c1-3-7-12-11(14)10-6-5-8-13(9-10)17(15,16)4-2/h10H,3-9H2,1-2H3,(H,12,14). The summed E-state index contributed by atoms with van der Waals surface area (Å²) < 4.78 is 24.9. The predicted molar refractivity (Wildman–Crippen MR) is 67.1 cm³/mol. The van der Waals surface area contributed by atoms with E-state index in [1.165, 1.54) is 4.31 Å². The van der Waals surface area contributed by atoms with E-state index < -0.39 is 10.0 Å². The average molecular weight is 262 g/mol. The predicted octanol–water partition coefficient (Wildman–Crippen LogP) is 0.574. The molecular formula is C11H22N2O3S. The molecule has 1 saturated heterocycles. The number of carbonyl (C=O) groups is 1. The summed E-state index contributed by atoms with van der Waals surface area (Å²) in [5.74, 6) is -0.0875. The Labute approximate surface area is 104 Å². The van der Waals surface area contributed by atoms with Crippen molar-refractivity contribution in [2.45, 2.75) is 33.1 Å². The van der Waals surface area contributed by atoms with Gasteiger partial charge in [0.25, 0.3) is 0 Å². The molecule has 0 spiro atoms. The van der Waals surface area contributed by atoms with Gasteiger partial charge in [0.2, 0.25) is 15.9 Å². The summed E-state index contributed by atoms with van der Waals surface area (Å²) in [6.45, 7) is 5.18. The summed E-state index contributed by atoms with van der Waals surface area (Å²) >= 11 is 0. The number of nitrogens with zero attached hydrogens (tertiary/aromatic N) is 1. The van der Waals surface area contributed by atoms with Gasteiger partial charge >= 0.3 is 0 Å². The largest absolute Gasteiger partial charge is 0.356 e. The minimum atomic E-state index is -3.15. The van der Waals surface area contributed by atoms with Crippen LogP contribution in [0.4, 0.5) is 0 Å². The summed E-state index contributed by atoms with van der Waals surface area (Å²) in [6, 6.07) is 0. The van der Waals surface area contributed by atoms with Crippen LogP contribution < -0.4 is 5.32 Å². The SMILES string of the molecule is CCCNC(=O)C1CCCN(S(=O)(=O)CC)C1. The Kier molecular flexibility index (Phi) is 5.39. The number of nitrogens with one attached hydrogen (secondary N) is 1. The zero-order valence-corrected chi connectivity index (χ0v) is 11.4. The second-order valence-corrected chi connectivity index (χ2v) is 6.65. The van der Waals surface area contributed by atoms with Crippen LogP contribution in [0.3, 0.4) is 0 Å². The number of sulfonamides is 1. The minimum absolute atomic E-state index is 0.0112. The molecule has 1 N–H and O–H groups in total. The molecule has 0 saturated carbocycles. The van der Waals surface area contributed by atoms with Crippen LogP contribution in [0.2, 0.25) is 0 Å². The van der Waals surface area contributed by atoms with Crippen molar-refractivity contribution in [3.8, 4) is 0 Å². The summed E-state index contributed by atoms with van der Waals surface area (Å²) in [4.78, 5) is 11.8. The fourth-order valence-corrected chi connectivity index (χ4v) is 3.16. The van der Waals surface area contributed by atoms with Gasteiger partial charge in [-0.3, -0.25) is 4.79 Å². The molecule has 1 atom stereocenters. The first-order chi connectivity index (χ1) is 8.01. The third-order valence-electron chi connectivity index (χ3n) is 3.06. The monoisotopic (exact) mass is 262 g/mol. The molecule has 1 aliphatic heterocycles. The van der Waals surface area contributed by atoms with Gasteiger partial charge in [-0.1, -0.05) is 6.92 Å². The van der Waals surface area contributed by atoms with Crippen LogP contribution in [-0.2, 0) is 14.8 Å². The molecular weight excluding hydrogens is 240 g/mol. The molecule has 1 amide bonds. The normalized spacial score (nSPS) is 22.4. The minimum Gasteiger partial charge on any atom is -0.356 e. The topological polar surface area (TPSA) is 66.5 Å². The number of hydrogen-bond acceptors (Lipinski definition) is 3. The van der Waals surface area contributed by atoms with Gasteiger partial charge in [0.1, 0.15) is 0 Å². The molecule has 0 aliphatic carbocycles. The Morgan fingerprint density at radius 1 is 1.41 bits per heavy atom. The van der Waals surface area contributed by atoms with Gasteiger partial charge in [-0.05, 0) is 26.2 Å². The number of carbonyl (C=O) groups excluding carboxylic acids is 1. The third-order valence-corrected chi connectivity index (χ3v) is 4.91. The van der Waals surface area contributed by atoms with E-state index in [1.54, 1.807) is 6.92 Å². The first kappa shape index (κ1) is 14.4. The molecule has 0 aromatic heterocycles. The molecule has 6 heteroatoms. The molecule has 100 valence electrons. The van der Waals surface area contributed by atoms with Crippen LogP contribution >= 0.6 is 0 Å². The third kappa shape index (κ3) is 3.96. The van der Waals surface area contributed by atoms with Crippen molar-refractivity contribution in [2.75, 3.05) is 25.4 Å². The Morgan fingerprint density at radius 3 is 2.71 bits per heavy atom. The number of amides is 1. The summed E-state index contributed by atoms with van der Waals surface area (Å²) in [5.41, 5.74) is 0. The molecule has 0 aromatic rings. The Morgan fingerprint density at radius 2 is 2.12 bits per heavy atom. The molecule has 1 fully saturated rings. The first-order valence-corrected chi connectivity index (χ1v) is 7.87. The van der Waals surface area contributed by atoms with Crippen LogP contribution in [0.1, 0.15) is 33.1 Å². The maximum atomic E-state index is 11.8. The number of rotatable bonds is 5. The molecule has 1 heterocycles. The van der Waals surface area contributed by atoms with Gasteiger partial charge in [0.05, 0.1) is 11.7 Å². The number of piperidine rings is 1. The highest BCUT2D eigenvalue weighted by Gasteiger charge is 2.30. The van der Waals surface area contributed by atoms with E-state index in [9.17, 15) is 13.2 Å². The molecule has 5 nitrogen and oxygen atoms in total. The molecule has 1 rings (SSSR count). The van der Waals surface area contributed by atoms with Gasteiger partial charge in [-0.2, -0.15) is 0 Å². The lowest BCUT2D eigenvalue weighted by Gasteiger charge is -2.30. The Balaban J connectivity index is 2.58. The van der Waals surface area contributed by atoms with E-state index in [2.05, 4.69) is 5.32 Å². The lowest BCUT2D eigenvalue weighted by Crippen LogP contribution is -2.45. The maximum Gasteiger partial charge on any atom is 0.224 e. The van der Waals surface area contributed by atoms with Crippen molar-refractivity contribution in [1.29, 1.82) is 0 Å². The highest BCUT2D eigenvalue weighted by molar-refractivity contribution is 7.89. The molecule has 0 radical (unpaired) electrons. The van der Waals surface area contributed by atoms with E-state index in [0.29, 0.717) is 19.6 Å². The van der Waals surface area contributed by atoms with Crippen LogP contribution in [0, 0.1) is 5.92 Å². The fraction of sp³-hybridized carbons (Fsp3) is 0.909. The van der Waals surface area contributed by atoms with E-state index in [0.717, 1.165) is 19.3 Å². The van der Waals surface area contributed by atoms with Gasteiger partial charge in [-0.15, -0.1) is 0 Å². The van der Waals surface area contributed by atoms with Crippen molar-refractivity contribution in [3.63, 3.8) is 0 Å². The smallest absolute Gasteiger partial charge is 0.224 e. The van der Waals surface area contributed by atoms with Crippen molar-refractivity contribution in [2.24, 2.45) is 5.92 Å². The molecule has 1 unspecified atom stereocenters. The number of hydrogen-bond donors (Lipinski definition) is 1. The average Bonchev–Trinajstić information content (AvgIpc) is 2.36. The molecule has 17 heavy (non-hydrogen) atoms. The van der Waals surface area contributed by atoms with Gasteiger partial charge < -0.3 is 5.32 Å². The van der Waals surface area contributed by atoms with Crippen molar-refractivity contribution in [1.82, 2.24) is 9.62 Å². The van der Waals surface area contributed by atoms with E-state index in [4.69, 9.17) is 0 Å². The van der Waals surface area contributed by atoms with Crippen molar-refractivity contribution in [3.05, 3.63) is 0 Å². The molecule has 1 aliphatic rings. The van der Waals surface area contributed by atoms with Gasteiger partial charge in [0, 0.05) is 19.6 Å². The lowest BCUT2D eigenvalue weighted by molar-refractivity contribution is -0.126. The summed E-state index contributed by atoms with van der Waals surface area (Å²) in [7, 11) is -3.15. The highest BCUT2D eigenvalue weighted by atomic mass is 32.2. The van der Waals surface area contributed by atoms with E-state index in [1.807, 2.05) is 6.92 Å². The summed E-state index contributed by atoms with van der Waals surface area (Å²) in [6.07, 6.45) is 2.45. The van der Waals surface area contributed by atoms with Gasteiger partial charge in [-0.25, -0.2) is 12.7 Å². The van der Waals surface area contributed by atoms with E-state index >= 15 is 0 Å². The molecule has 0 bridgehead atoms. The van der Waals surface area contributed by atoms with Crippen LogP contribution in [0.5, 0.6) is 0 Å². The van der Waals surface area contributed by atoms with Crippen LogP contribution in [0.15, 0.2) is 0 Å². The second kappa shape index (κ2) is 6.35. The fourth-order valence-electron chi connectivity index (χ4n) is 1.98. The zero-order valence-electron chi connectivity index (χ0n) is 10.6. The Bertz CT molecular complexity index is 354. The highest BCUT2D eigenvalue weighted by Crippen LogP contribution is 2.19. The maximum absolute atomic E-state index is 11.8. The zero-order chi connectivity index (χ0) is 12.9. The van der Waals surface area contributed by atoms with Crippen molar-refractivity contribution >= 4 is 15.9 Å². The first-order valence-electron chi connectivity index (χ1n) is 6.26. The molecule has 0 aromatic carbocycles. The Hall–Kier alpha value is -0.620. The van der Waals surface area contributed by atoms with Gasteiger partial charge in [0.15, 0.2) is 0 Å². The second-order valence-electron chi connectivity index (χ2n) is 4.39. The lowest BCUT2D eigenvalue weighted by atomic mass is 9.99. The van der Waals surface area contributed by atoms with E-state index in [-0.39, 0.29) is 17.6 Å².